The lowest BCUT2D eigenvalue weighted by Gasteiger charge is -1.91. The molecule has 0 atom stereocenters. The molecule has 1 fully saturated rings. The van der Waals surface area contributed by atoms with Crippen LogP contribution in [0.2, 0.25) is 0 Å². The molecule has 0 spiro atoms. The third kappa shape index (κ3) is 1.66. The van der Waals surface area contributed by atoms with Gasteiger partial charge in [0, 0.05) is 7.05 Å². The van der Waals surface area contributed by atoms with Gasteiger partial charge in [-0.05, 0) is 0 Å². The van der Waals surface area contributed by atoms with E-state index in [9.17, 15) is 9.59 Å². The van der Waals surface area contributed by atoms with Crippen molar-refractivity contribution in [1.82, 2.24) is 9.88 Å². The Morgan fingerprint density at radius 2 is 2.13 bits per heavy atom. The largest absolute Gasteiger partial charge is 0.307 e. The molecule has 1 aromatic heterocycles. The van der Waals surface area contributed by atoms with Gasteiger partial charge in [-0.25, -0.2) is 0 Å². The Hall–Kier alpha value is -0.920. The Morgan fingerprint density at radius 3 is 2.53 bits per heavy atom. The molecule has 0 unspecified atom stereocenters. The summed E-state index contributed by atoms with van der Waals surface area (Å²) in [7, 11) is 1.62. The SMILES string of the molecule is C=c1s/c(=C2/SC(=S)NC2=O)n(C)c1=O. The Kier molecular flexibility index (Phi) is 2.53. The van der Waals surface area contributed by atoms with Crippen molar-refractivity contribution in [3.8, 4) is 0 Å². The van der Waals surface area contributed by atoms with Crippen LogP contribution < -0.4 is 20.1 Å². The molecule has 2 heterocycles. The fourth-order valence-corrected chi connectivity index (χ4v) is 3.31. The average Bonchev–Trinajstić information content (AvgIpc) is 2.61. The van der Waals surface area contributed by atoms with Crippen molar-refractivity contribution < 1.29 is 4.79 Å². The first kappa shape index (κ1) is 10.6. The second-order valence-corrected chi connectivity index (χ2v) is 5.64. The van der Waals surface area contributed by atoms with E-state index in [0.717, 1.165) is 0 Å². The second-order valence-electron chi connectivity index (χ2n) is 2.87. The summed E-state index contributed by atoms with van der Waals surface area (Å²) in [6, 6.07) is 0. The normalized spacial score (nSPS) is 19.5. The van der Waals surface area contributed by atoms with Crippen LogP contribution in [-0.4, -0.2) is 14.8 Å². The summed E-state index contributed by atoms with van der Waals surface area (Å²) in [6.07, 6.45) is 0. The van der Waals surface area contributed by atoms with Gasteiger partial charge in [-0.2, -0.15) is 0 Å². The molecule has 0 saturated carbocycles. The fourth-order valence-electron chi connectivity index (χ4n) is 1.16. The van der Waals surface area contributed by atoms with Gasteiger partial charge in [0.1, 0.15) is 13.9 Å². The fraction of sp³-hybridized carbons (Fsp3) is 0.125. The molecule has 1 aromatic rings. The number of nitrogens with zero attached hydrogens (tertiary/aromatic N) is 1. The molecule has 1 saturated heterocycles. The zero-order chi connectivity index (χ0) is 11.2. The second kappa shape index (κ2) is 3.58. The molecule has 0 aromatic carbocycles. The van der Waals surface area contributed by atoms with E-state index in [-0.39, 0.29) is 11.5 Å². The third-order valence-corrected chi connectivity index (χ3v) is 4.32. The van der Waals surface area contributed by atoms with Crippen LogP contribution in [0, 0.1) is 0 Å². The van der Waals surface area contributed by atoms with Crippen molar-refractivity contribution in [2.24, 2.45) is 7.05 Å². The standard InChI is InChI=1S/C8H6N2O2S3/c1-3-6(12)10(2)7(14-3)4-5(11)9-8(13)15-4/h1H2,2H3,(H,9,11,13)/b7-4+. The van der Waals surface area contributed by atoms with Crippen LogP contribution in [0.4, 0.5) is 0 Å². The number of hydrogen-bond acceptors (Lipinski definition) is 5. The highest BCUT2D eigenvalue weighted by atomic mass is 32.2. The lowest BCUT2D eigenvalue weighted by atomic mass is 10.5. The molecular formula is C8H6N2O2S3. The highest BCUT2D eigenvalue weighted by molar-refractivity contribution is 8.30. The van der Waals surface area contributed by atoms with E-state index in [2.05, 4.69) is 11.9 Å². The van der Waals surface area contributed by atoms with Gasteiger partial charge in [0.2, 0.25) is 0 Å². The Labute approximate surface area is 98.3 Å². The van der Waals surface area contributed by atoms with E-state index in [1.54, 1.807) is 7.05 Å². The van der Waals surface area contributed by atoms with Gasteiger partial charge < -0.3 is 9.88 Å². The zero-order valence-corrected chi connectivity index (χ0v) is 10.1. The predicted octanol–water partition coefficient (Wildman–Crippen LogP) is -0.887. The monoisotopic (exact) mass is 258 g/mol. The topological polar surface area (TPSA) is 51.1 Å². The summed E-state index contributed by atoms with van der Waals surface area (Å²) in [4.78, 5) is 23.4. The van der Waals surface area contributed by atoms with Crippen molar-refractivity contribution in [1.29, 1.82) is 0 Å². The number of aromatic nitrogens is 1. The van der Waals surface area contributed by atoms with E-state index >= 15 is 0 Å². The van der Waals surface area contributed by atoms with E-state index in [0.29, 0.717) is 18.4 Å². The molecule has 1 N–H and O–H groups in total. The number of thiocarbonyl (C=S) groups is 1. The number of thiazole rings is 1. The van der Waals surface area contributed by atoms with Gasteiger partial charge in [0.05, 0.1) is 4.53 Å². The minimum Gasteiger partial charge on any atom is -0.307 e. The summed E-state index contributed by atoms with van der Waals surface area (Å²) in [5, 5.41) is 2.51. The van der Waals surface area contributed by atoms with Crippen LogP contribution in [0.3, 0.4) is 0 Å². The number of carbonyl (C=O) groups excluding carboxylic acids is 1. The maximum atomic E-state index is 11.5. The first-order valence-electron chi connectivity index (χ1n) is 3.93. The van der Waals surface area contributed by atoms with E-state index in [1.807, 2.05) is 0 Å². The van der Waals surface area contributed by atoms with Gasteiger partial charge in [0.25, 0.3) is 11.5 Å². The van der Waals surface area contributed by atoms with Crippen LogP contribution in [0.1, 0.15) is 0 Å². The molecule has 0 radical (unpaired) electrons. The molecule has 15 heavy (non-hydrogen) atoms. The predicted molar refractivity (Wildman–Crippen MR) is 66.1 cm³/mol. The molecule has 1 aliphatic heterocycles. The molecule has 1 amide bonds. The summed E-state index contributed by atoms with van der Waals surface area (Å²) >= 11 is 7.25. The van der Waals surface area contributed by atoms with Gasteiger partial charge in [-0.1, -0.05) is 30.6 Å². The first-order chi connectivity index (χ1) is 7.00. The van der Waals surface area contributed by atoms with E-state index in [4.69, 9.17) is 12.2 Å². The van der Waals surface area contributed by atoms with Gasteiger partial charge in [-0.15, -0.1) is 11.3 Å². The lowest BCUT2D eigenvalue weighted by Crippen LogP contribution is -2.29. The first-order valence-corrected chi connectivity index (χ1v) is 5.97. The molecule has 7 heteroatoms. The number of thioether (sulfide) groups is 1. The lowest BCUT2D eigenvalue weighted by molar-refractivity contribution is -0.113. The maximum absolute atomic E-state index is 11.5. The average molecular weight is 258 g/mol. The molecule has 4 nitrogen and oxygen atoms in total. The summed E-state index contributed by atoms with van der Waals surface area (Å²) in [5.74, 6) is -0.248. The van der Waals surface area contributed by atoms with Crippen LogP contribution >= 0.6 is 35.3 Å². The number of carbonyl (C=O) groups is 1. The van der Waals surface area contributed by atoms with E-state index in [1.165, 1.54) is 27.7 Å². The molecule has 1 aliphatic rings. The van der Waals surface area contributed by atoms with Crippen molar-refractivity contribution in [3.63, 3.8) is 0 Å². The van der Waals surface area contributed by atoms with Crippen molar-refractivity contribution >= 4 is 57.0 Å². The third-order valence-electron chi connectivity index (χ3n) is 1.88. The minimum absolute atomic E-state index is 0.172. The number of hydrogen-bond donors (Lipinski definition) is 1. The van der Waals surface area contributed by atoms with Gasteiger partial charge >= 0.3 is 0 Å². The molecule has 0 bridgehead atoms. The molecule has 78 valence electrons. The molecule has 0 aliphatic carbocycles. The van der Waals surface area contributed by atoms with Crippen LogP contribution in [0.25, 0.3) is 11.5 Å². The van der Waals surface area contributed by atoms with Crippen molar-refractivity contribution in [2.45, 2.75) is 0 Å². The minimum atomic E-state index is -0.248. The van der Waals surface area contributed by atoms with Gasteiger partial charge in [-0.3, -0.25) is 9.59 Å². The van der Waals surface area contributed by atoms with Crippen molar-refractivity contribution in [2.75, 3.05) is 0 Å². The van der Waals surface area contributed by atoms with Crippen LogP contribution in [0.15, 0.2) is 4.79 Å². The Bertz CT molecular complexity index is 625. The van der Waals surface area contributed by atoms with Crippen molar-refractivity contribution in [3.05, 3.63) is 19.5 Å². The Balaban J connectivity index is 2.83. The van der Waals surface area contributed by atoms with E-state index < -0.39 is 0 Å². The number of nitrogens with one attached hydrogen (secondary N) is 1. The quantitative estimate of drug-likeness (QED) is 0.614. The number of amides is 1. The zero-order valence-electron chi connectivity index (χ0n) is 7.70. The van der Waals surface area contributed by atoms with Crippen LogP contribution in [-0.2, 0) is 11.8 Å². The summed E-state index contributed by atoms with van der Waals surface area (Å²) < 4.78 is 2.86. The van der Waals surface area contributed by atoms with Crippen LogP contribution in [0.5, 0.6) is 0 Å². The molecular weight excluding hydrogens is 252 g/mol. The van der Waals surface area contributed by atoms with Gasteiger partial charge in [0.15, 0.2) is 0 Å². The smallest absolute Gasteiger partial charge is 0.268 e. The summed E-state index contributed by atoms with van der Waals surface area (Å²) in [6.45, 7) is 3.62. The maximum Gasteiger partial charge on any atom is 0.268 e. The highest BCUT2D eigenvalue weighted by Gasteiger charge is 2.24. The summed E-state index contributed by atoms with van der Waals surface area (Å²) in [5.41, 5.74) is -0.172. The number of rotatable bonds is 0. The Morgan fingerprint density at radius 1 is 1.47 bits per heavy atom. The highest BCUT2D eigenvalue weighted by Crippen LogP contribution is 2.23. The molecule has 2 rings (SSSR count).